The summed E-state index contributed by atoms with van der Waals surface area (Å²) in [6, 6.07) is 14.5. The molecule has 0 spiro atoms. The molecule has 0 aliphatic heterocycles. The molecule has 3 N–H and O–H groups in total. The number of rotatable bonds is 4. The number of nitrogens with two attached hydrogens (primary N) is 1. The van der Waals surface area contributed by atoms with Crippen molar-refractivity contribution in [2.75, 3.05) is 11.1 Å². The van der Waals surface area contributed by atoms with Crippen molar-refractivity contribution < 1.29 is 18.0 Å². The molecule has 33 heavy (non-hydrogen) atoms. The molecule has 166 valence electrons. The number of pyridine rings is 3. The second-order valence-electron chi connectivity index (χ2n) is 7.31. The van der Waals surface area contributed by atoms with Crippen LogP contribution in [0.2, 0.25) is 0 Å². The zero-order chi connectivity index (χ0) is 23.6. The summed E-state index contributed by atoms with van der Waals surface area (Å²) in [6.45, 7) is 1.92. The number of aromatic nitrogens is 3. The summed E-state index contributed by atoms with van der Waals surface area (Å²) in [7, 11) is 0. The fourth-order valence-electron chi connectivity index (χ4n) is 3.30. The third-order valence-corrected chi connectivity index (χ3v) is 4.96. The summed E-state index contributed by atoms with van der Waals surface area (Å²) >= 11 is 0. The van der Waals surface area contributed by atoms with Crippen molar-refractivity contribution in [3.63, 3.8) is 0 Å². The largest absolute Gasteiger partial charge is 0.433 e. The van der Waals surface area contributed by atoms with E-state index in [0.29, 0.717) is 17.2 Å². The Morgan fingerprint density at radius 1 is 0.879 bits per heavy atom. The predicted molar refractivity (Wildman–Crippen MR) is 119 cm³/mol. The summed E-state index contributed by atoms with van der Waals surface area (Å²) in [5.41, 5.74) is 9.10. The number of aryl methyl sites for hydroxylation is 1. The van der Waals surface area contributed by atoms with Crippen molar-refractivity contribution in [1.29, 1.82) is 0 Å². The third-order valence-electron chi connectivity index (χ3n) is 4.96. The van der Waals surface area contributed by atoms with E-state index >= 15 is 0 Å². The second-order valence-corrected chi connectivity index (χ2v) is 7.31. The van der Waals surface area contributed by atoms with E-state index < -0.39 is 17.8 Å². The van der Waals surface area contributed by atoms with Crippen molar-refractivity contribution in [1.82, 2.24) is 15.0 Å². The SMILES string of the molecule is Cc1ccc(NC(=O)c2ccnc(C(F)(F)F)c2)cc1-c1ccnc(-c2ccnc(N)c2)c1. The van der Waals surface area contributed by atoms with Crippen LogP contribution in [0.3, 0.4) is 0 Å². The summed E-state index contributed by atoms with van der Waals surface area (Å²) in [4.78, 5) is 24.2. The van der Waals surface area contributed by atoms with E-state index in [-0.39, 0.29) is 5.56 Å². The number of amides is 1. The molecule has 0 radical (unpaired) electrons. The first-order chi connectivity index (χ1) is 15.7. The van der Waals surface area contributed by atoms with Gasteiger partial charge in [-0.05, 0) is 72.1 Å². The number of anilines is 2. The fourth-order valence-corrected chi connectivity index (χ4v) is 3.30. The highest BCUT2D eigenvalue weighted by atomic mass is 19.4. The molecule has 0 unspecified atom stereocenters. The van der Waals surface area contributed by atoms with Gasteiger partial charge in [0, 0.05) is 35.4 Å². The molecular weight excluding hydrogens is 431 g/mol. The molecule has 0 fully saturated rings. The summed E-state index contributed by atoms with van der Waals surface area (Å²) < 4.78 is 38.7. The van der Waals surface area contributed by atoms with Crippen LogP contribution in [0.4, 0.5) is 24.7 Å². The smallest absolute Gasteiger partial charge is 0.384 e. The average molecular weight is 449 g/mol. The van der Waals surface area contributed by atoms with Crippen molar-refractivity contribution in [2.45, 2.75) is 13.1 Å². The molecule has 0 aliphatic rings. The number of hydrogen-bond acceptors (Lipinski definition) is 5. The van der Waals surface area contributed by atoms with E-state index in [2.05, 4.69) is 20.3 Å². The normalized spacial score (nSPS) is 11.3. The monoisotopic (exact) mass is 449 g/mol. The van der Waals surface area contributed by atoms with Gasteiger partial charge in [-0.1, -0.05) is 6.07 Å². The number of hydrogen-bond donors (Lipinski definition) is 2. The number of benzene rings is 1. The number of carbonyl (C=O) groups excluding carboxylic acids is 1. The quantitative estimate of drug-likeness (QED) is 0.437. The van der Waals surface area contributed by atoms with Crippen molar-refractivity contribution >= 4 is 17.4 Å². The number of carbonyl (C=O) groups is 1. The van der Waals surface area contributed by atoms with E-state index in [1.807, 2.05) is 25.1 Å². The zero-order valence-corrected chi connectivity index (χ0v) is 17.4. The van der Waals surface area contributed by atoms with Crippen LogP contribution in [0.1, 0.15) is 21.6 Å². The van der Waals surface area contributed by atoms with Crippen LogP contribution in [0.25, 0.3) is 22.4 Å². The Labute approximate surface area is 187 Å². The molecule has 1 amide bonds. The van der Waals surface area contributed by atoms with Crippen LogP contribution < -0.4 is 11.1 Å². The van der Waals surface area contributed by atoms with E-state index in [1.54, 1.807) is 36.7 Å². The third kappa shape index (κ3) is 4.98. The number of alkyl halides is 3. The molecule has 0 aliphatic carbocycles. The highest BCUT2D eigenvalue weighted by Gasteiger charge is 2.33. The molecule has 3 heterocycles. The molecule has 0 saturated carbocycles. The van der Waals surface area contributed by atoms with Crippen molar-refractivity contribution in [2.24, 2.45) is 0 Å². The first-order valence-electron chi connectivity index (χ1n) is 9.84. The molecule has 3 aromatic heterocycles. The Kier molecular flexibility index (Phi) is 5.78. The molecule has 6 nitrogen and oxygen atoms in total. The number of nitrogens with one attached hydrogen (secondary N) is 1. The molecule has 4 aromatic rings. The maximum absolute atomic E-state index is 12.9. The van der Waals surface area contributed by atoms with Gasteiger partial charge < -0.3 is 11.1 Å². The van der Waals surface area contributed by atoms with E-state index in [1.165, 1.54) is 6.07 Å². The topological polar surface area (TPSA) is 93.8 Å². The van der Waals surface area contributed by atoms with Gasteiger partial charge in [-0.2, -0.15) is 13.2 Å². The van der Waals surface area contributed by atoms with Gasteiger partial charge in [0.1, 0.15) is 11.5 Å². The van der Waals surface area contributed by atoms with Gasteiger partial charge in [-0.3, -0.25) is 14.8 Å². The zero-order valence-electron chi connectivity index (χ0n) is 17.4. The molecule has 0 bridgehead atoms. The standard InChI is InChI=1S/C24H18F3N5O/c1-14-2-3-18(32-23(33)17-6-8-30-21(11-17)24(25,26)27)13-19(14)15-4-7-29-20(10-15)16-5-9-31-22(28)12-16/h2-13H,1H3,(H2,28,31)(H,32,33). The van der Waals surface area contributed by atoms with Crippen LogP contribution in [0, 0.1) is 6.92 Å². The Hall–Kier alpha value is -4.27. The molecular formula is C24H18F3N5O. The van der Waals surface area contributed by atoms with Gasteiger partial charge in [-0.15, -0.1) is 0 Å². The predicted octanol–water partition coefficient (Wildman–Crippen LogP) is 5.37. The first-order valence-corrected chi connectivity index (χ1v) is 9.84. The fraction of sp³-hybridized carbons (Fsp3) is 0.0833. The molecule has 4 rings (SSSR count). The van der Waals surface area contributed by atoms with Crippen LogP contribution in [-0.4, -0.2) is 20.9 Å². The maximum atomic E-state index is 12.9. The average Bonchev–Trinajstić information content (AvgIpc) is 2.80. The highest BCUT2D eigenvalue weighted by Crippen LogP contribution is 2.30. The Balaban J connectivity index is 1.63. The molecule has 9 heteroatoms. The van der Waals surface area contributed by atoms with Crippen molar-refractivity contribution in [3.8, 4) is 22.4 Å². The van der Waals surface area contributed by atoms with Crippen molar-refractivity contribution in [3.05, 3.63) is 90.0 Å². The molecule has 0 atom stereocenters. The Morgan fingerprint density at radius 2 is 1.61 bits per heavy atom. The number of halogens is 3. The van der Waals surface area contributed by atoms with Gasteiger partial charge in [0.15, 0.2) is 0 Å². The van der Waals surface area contributed by atoms with Gasteiger partial charge >= 0.3 is 6.18 Å². The van der Waals surface area contributed by atoms with Crippen LogP contribution >= 0.6 is 0 Å². The van der Waals surface area contributed by atoms with Gasteiger partial charge in [-0.25, -0.2) is 4.98 Å². The summed E-state index contributed by atoms with van der Waals surface area (Å²) in [6.07, 6.45) is -0.403. The van der Waals surface area contributed by atoms with E-state index in [4.69, 9.17) is 5.73 Å². The lowest BCUT2D eigenvalue weighted by Gasteiger charge is -2.12. The minimum absolute atomic E-state index is 0.138. The van der Waals surface area contributed by atoms with Crippen LogP contribution in [0.5, 0.6) is 0 Å². The summed E-state index contributed by atoms with van der Waals surface area (Å²) in [5, 5.41) is 2.65. The molecule has 1 aromatic carbocycles. The van der Waals surface area contributed by atoms with Crippen LogP contribution in [-0.2, 0) is 6.18 Å². The minimum Gasteiger partial charge on any atom is -0.384 e. The lowest BCUT2D eigenvalue weighted by molar-refractivity contribution is -0.141. The van der Waals surface area contributed by atoms with E-state index in [9.17, 15) is 18.0 Å². The summed E-state index contributed by atoms with van der Waals surface area (Å²) in [5.74, 6) is -0.286. The first kappa shape index (κ1) is 21.9. The minimum atomic E-state index is -4.63. The maximum Gasteiger partial charge on any atom is 0.433 e. The van der Waals surface area contributed by atoms with Crippen LogP contribution in [0.15, 0.2) is 73.2 Å². The highest BCUT2D eigenvalue weighted by molar-refractivity contribution is 6.04. The molecule has 0 saturated heterocycles. The second kappa shape index (κ2) is 8.70. The Morgan fingerprint density at radius 3 is 2.36 bits per heavy atom. The lowest BCUT2D eigenvalue weighted by atomic mass is 9.99. The van der Waals surface area contributed by atoms with E-state index in [0.717, 1.165) is 34.5 Å². The number of nitrogen functional groups attached to an aromatic ring is 1. The van der Waals surface area contributed by atoms with Gasteiger partial charge in [0.25, 0.3) is 5.91 Å². The van der Waals surface area contributed by atoms with Gasteiger partial charge in [0.05, 0.1) is 5.69 Å². The number of nitrogens with zero attached hydrogens (tertiary/aromatic N) is 3. The van der Waals surface area contributed by atoms with Gasteiger partial charge in [0.2, 0.25) is 0 Å². The Bertz CT molecular complexity index is 1340. The lowest BCUT2D eigenvalue weighted by Crippen LogP contribution is -2.15.